The predicted molar refractivity (Wildman–Crippen MR) is 70.7 cm³/mol. The average Bonchev–Trinajstić information content (AvgIpc) is 3.03. The second-order valence-electron chi connectivity index (χ2n) is 4.67. The fraction of sp³-hybridized carbons (Fsp3) is 0.250. The first-order valence-electron chi connectivity index (χ1n) is 6.00. The molecule has 0 unspecified atom stereocenters. The minimum Gasteiger partial charge on any atom is -0.379 e. The monoisotopic (exact) mass is 275 g/mol. The van der Waals surface area contributed by atoms with Gasteiger partial charge in [-0.15, -0.1) is 0 Å². The van der Waals surface area contributed by atoms with E-state index in [0.29, 0.717) is 22.6 Å². The summed E-state index contributed by atoms with van der Waals surface area (Å²) in [5.74, 6) is 0.946. The van der Waals surface area contributed by atoms with Crippen LogP contribution in [0.4, 0.5) is 5.82 Å². The van der Waals surface area contributed by atoms with Crippen LogP contribution in [0.1, 0.15) is 18.9 Å². The first-order valence-corrected chi connectivity index (χ1v) is 6.38. The molecule has 2 heterocycles. The van der Waals surface area contributed by atoms with Crippen molar-refractivity contribution >= 4 is 28.5 Å². The SMILES string of the molecule is Nc1nonc1-c1nc2cc(Cl)ccc2n1C1CC1. The molecule has 96 valence electrons. The molecule has 1 aliphatic carbocycles. The molecule has 0 radical (unpaired) electrons. The molecule has 0 bridgehead atoms. The van der Waals surface area contributed by atoms with Crippen LogP contribution in [0, 0.1) is 0 Å². The van der Waals surface area contributed by atoms with Gasteiger partial charge in [0, 0.05) is 11.1 Å². The number of hydrogen-bond donors (Lipinski definition) is 1. The van der Waals surface area contributed by atoms with Crippen LogP contribution in [0.25, 0.3) is 22.6 Å². The molecule has 2 aromatic heterocycles. The molecule has 6 nitrogen and oxygen atoms in total. The van der Waals surface area contributed by atoms with Gasteiger partial charge in [-0.25, -0.2) is 9.61 Å². The number of nitrogen functional groups attached to an aromatic ring is 1. The molecule has 4 rings (SSSR count). The number of aromatic nitrogens is 4. The quantitative estimate of drug-likeness (QED) is 0.777. The standard InChI is InChI=1S/C12H10ClN5O/c13-6-1-4-9-8(5-6)15-12(18(9)7-2-3-7)10-11(14)17-19-16-10/h1,4-5,7H,2-3H2,(H2,14,17). The molecular weight excluding hydrogens is 266 g/mol. The molecule has 0 amide bonds. The molecule has 0 aliphatic heterocycles. The van der Waals surface area contributed by atoms with Crippen LogP contribution in [0.15, 0.2) is 22.8 Å². The molecule has 19 heavy (non-hydrogen) atoms. The number of halogens is 1. The summed E-state index contributed by atoms with van der Waals surface area (Å²) in [6.07, 6.45) is 2.26. The van der Waals surface area contributed by atoms with E-state index in [1.54, 1.807) is 0 Å². The zero-order valence-electron chi connectivity index (χ0n) is 9.88. The van der Waals surface area contributed by atoms with E-state index in [4.69, 9.17) is 17.3 Å². The van der Waals surface area contributed by atoms with Gasteiger partial charge in [0.1, 0.15) is 0 Å². The van der Waals surface area contributed by atoms with Crippen LogP contribution in [-0.4, -0.2) is 19.9 Å². The molecule has 0 spiro atoms. The minimum atomic E-state index is 0.253. The fourth-order valence-electron chi connectivity index (χ4n) is 2.29. The summed E-state index contributed by atoms with van der Waals surface area (Å²) in [6, 6.07) is 6.11. The topological polar surface area (TPSA) is 82.8 Å². The number of benzene rings is 1. The molecule has 1 fully saturated rings. The van der Waals surface area contributed by atoms with Crippen molar-refractivity contribution in [2.45, 2.75) is 18.9 Å². The van der Waals surface area contributed by atoms with Gasteiger partial charge in [-0.2, -0.15) is 0 Å². The van der Waals surface area contributed by atoms with E-state index in [0.717, 1.165) is 23.9 Å². The van der Waals surface area contributed by atoms with Crippen LogP contribution in [0.2, 0.25) is 5.02 Å². The lowest BCUT2D eigenvalue weighted by Gasteiger charge is -2.04. The van der Waals surface area contributed by atoms with Gasteiger partial charge in [0.2, 0.25) is 0 Å². The number of hydrogen-bond acceptors (Lipinski definition) is 5. The lowest BCUT2D eigenvalue weighted by Crippen LogP contribution is -1.99. The Morgan fingerprint density at radius 1 is 1.32 bits per heavy atom. The zero-order valence-corrected chi connectivity index (χ0v) is 10.6. The molecule has 3 aromatic rings. The van der Waals surface area contributed by atoms with Gasteiger partial charge in [0.15, 0.2) is 17.3 Å². The van der Waals surface area contributed by atoms with E-state index in [-0.39, 0.29) is 5.82 Å². The number of anilines is 1. The maximum atomic E-state index is 6.01. The number of nitrogens with zero attached hydrogens (tertiary/aromatic N) is 4. The second kappa shape index (κ2) is 3.71. The molecular formula is C12H10ClN5O. The summed E-state index contributed by atoms with van der Waals surface area (Å²) in [7, 11) is 0. The van der Waals surface area contributed by atoms with Gasteiger partial charge in [0.05, 0.1) is 11.0 Å². The van der Waals surface area contributed by atoms with Gasteiger partial charge in [-0.3, -0.25) is 0 Å². The van der Waals surface area contributed by atoms with E-state index in [1.165, 1.54) is 0 Å². The molecule has 1 aromatic carbocycles. The Morgan fingerprint density at radius 2 is 2.16 bits per heavy atom. The van der Waals surface area contributed by atoms with E-state index >= 15 is 0 Å². The zero-order chi connectivity index (χ0) is 13.0. The van der Waals surface area contributed by atoms with Crippen LogP contribution in [0.5, 0.6) is 0 Å². The number of rotatable bonds is 2. The highest BCUT2D eigenvalue weighted by molar-refractivity contribution is 6.31. The molecule has 7 heteroatoms. The number of imidazole rings is 1. The first-order chi connectivity index (χ1) is 9.24. The molecule has 0 saturated heterocycles. The van der Waals surface area contributed by atoms with Crippen molar-refractivity contribution in [2.75, 3.05) is 5.73 Å². The Kier molecular flexibility index (Phi) is 2.11. The van der Waals surface area contributed by atoms with E-state index in [1.807, 2.05) is 18.2 Å². The van der Waals surface area contributed by atoms with E-state index in [2.05, 4.69) is 24.5 Å². The van der Waals surface area contributed by atoms with E-state index in [9.17, 15) is 0 Å². The largest absolute Gasteiger partial charge is 0.379 e. The molecule has 2 N–H and O–H groups in total. The second-order valence-corrected chi connectivity index (χ2v) is 5.10. The van der Waals surface area contributed by atoms with Crippen LogP contribution in [0.3, 0.4) is 0 Å². The highest BCUT2D eigenvalue weighted by Gasteiger charge is 2.30. The first kappa shape index (κ1) is 10.8. The highest BCUT2D eigenvalue weighted by atomic mass is 35.5. The Bertz CT molecular complexity index is 774. The van der Waals surface area contributed by atoms with Crippen molar-refractivity contribution in [1.29, 1.82) is 0 Å². The average molecular weight is 276 g/mol. The van der Waals surface area contributed by atoms with Gasteiger partial charge >= 0.3 is 0 Å². The molecule has 1 saturated carbocycles. The summed E-state index contributed by atoms with van der Waals surface area (Å²) in [6.45, 7) is 0. The van der Waals surface area contributed by atoms with Gasteiger partial charge in [-0.05, 0) is 41.4 Å². The van der Waals surface area contributed by atoms with Crippen molar-refractivity contribution in [3.8, 4) is 11.5 Å². The molecule has 0 atom stereocenters. The molecule has 1 aliphatic rings. The summed E-state index contributed by atoms with van der Waals surface area (Å²) >= 11 is 6.01. The van der Waals surface area contributed by atoms with Crippen LogP contribution < -0.4 is 5.73 Å². The third-order valence-electron chi connectivity index (χ3n) is 3.29. The minimum absolute atomic E-state index is 0.253. The van der Waals surface area contributed by atoms with Crippen molar-refractivity contribution in [2.24, 2.45) is 0 Å². The lowest BCUT2D eigenvalue weighted by atomic mass is 10.3. The lowest BCUT2D eigenvalue weighted by molar-refractivity contribution is 0.310. The van der Waals surface area contributed by atoms with E-state index < -0.39 is 0 Å². The van der Waals surface area contributed by atoms with Crippen molar-refractivity contribution in [3.05, 3.63) is 23.2 Å². The predicted octanol–water partition coefficient (Wildman–Crippen LogP) is 2.66. The van der Waals surface area contributed by atoms with Gasteiger partial charge in [0.25, 0.3) is 0 Å². The maximum Gasteiger partial charge on any atom is 0.199 e. The van der Waals surface area contributed by atoms with Crippen molar-refractivity contribution in [1.82, 2.24) is 19.9 Å². The smallest absolute Gasteiger partial charge is 0.199 e. The van der Waals surface area contributed by atoms with Crippen LogP contribution in [-0.2, 0) is 0 Å². The van der Waals surface area contributed by atoms with Crippen LogP contribution >= 0.6 is 11.6 Å². The van der Waals surface area contributed by atoms with Crippen molar-refractivity contribution < 1.29 is 4.63 Å². The summed E-state index contributed by atoms with van der Waals surface area (Å²) in [5, 5.41) is 8.12. The highest BCUT2D eigenvalue weighted by Crippen LogP contribution is 2.41. The third-order valence-corrected chi connectivity index (χ3v) is 3.52. The summed E-state index contributed by atoms with van der Waals surface area (Å²) in [4.78, 5) is 4.57. The summed E-state index contributed by atoms with van der Waals surface area (Å²) in [5.41, 5.74) is 8.11. The third kappa shape index (κ3) is 1.60. The Balaban J connectivity index is 2.04. The number of fused-ring (bicyclic) bond motifs is 1. The van der Waals surface area contributed by atoms with Gasteiger partial charge in [-0.1, -0.05) is 11.6 Å². The normalized spacial score (nSPS) is 15.2. The Morgan fingerprint density at radius 3 is 2.84 bits per heavy atom. The maximum absolute atomic E-state index is 6.01. The Labute approximate surface area is 113 Å². The summed E-state index contributed by atoms with van der Waals surface area (Å²) < 4.78 is 6.81. The number of nitrogens with two attached hydrogens (primary N) is 1. The van der Waals surface area contributed by atoms with Crippen molar-refractivity contribution in [3.63, 3.8) is 0 Å². The fourth-order valence-corrected chi connectivity index (χ4v) is 2.46. The Hall–Kier alpha value is -2.08. The van der Waals surface area contributed by atoms with Gasteiger partial charge < -0.3 is 10.3 Å².